The normalized spacial score (nSPS) is 11.0. The maximum Gasteiger partial charge on any atom is 0.261 e. The van der Waals surface area contributed by atoms with E-state index < -0.39 is 32.5 Å². The Morgan fingerprint density at radius 3 is 2.22 bits per heavy atom. The second-order valence-corrected chi connectivity index (χ2v) is 8.40. The molecule has 0 unspecified atom stereocenters. The van der Waals surface area contributed by atoms with Crippen molar-refractivity contribution >= 4 is 27.5 Å². The number of amides is 2. The number of nitrogens with one attached hydrogen (secondary N) is 3. The van der Waals surface area contributed by atoms with Gasteiger partial charge in [-0.25, -0.2) is 17.2 Å². The molecule has 3 rings (SSSR count). The summed E-state index contributed by atoms with van der Waals surface area (Å²) in [6.07, 6.45) is 0. The zero-order chi connectivity index (χ0) is 23.3. The van der Waals surface area contributed by atoms with E-state index >= 15 is 0 Å². The van der Waals surface area contributed by atoms with E-state index in [1.165, 1.54) is 31.3 Å². The molecule has 3 aromatic carbocycles. The zero-order valence-electron chi connectivity index (χ0n) is 16.9. The predicted molar refractivity (Wildman–Crippen MR) is 115 cm³/mol. The van der Waals surface area contributed by atoms with E-state index in [4.69, 9.17) is 0 Å². The number of sulfonamides is 1. The molecular formula is C22H19F2N3O4S. The van der Waals surface area contributed by atoms with Crippen molar-refractivity contribution in [3.63, 3.8) is 0 Å². The molecule has 2 amide bonds. The van der Waals surface area contributed by atoms with Crippen molar-refractivity contribution in [2.75, 3.05) is 11.8 Å². The van der Waals surface area contributed by atoms with E-state index in [1.807, 2.05) is 0 Å². The molecule has 3 N–H and O–H groups in total. The van der Waals surface area contributed by atoms with Gasteiger partial charge in [-0.2, -0.15) is 0 Å². The average Bonchev–Trinajstić information content (AvgIpc) is 2.79. The van der Waals surface area contributed by atoms with Gasteiger partial charge < -0.3 is 10.6 Å². The van der Waals surface area contributed by atoms with Crippen LogP contribution in [0.3, 0.4) is 0 Å². The Kier molecular flexibility index (Phi) is 6.84. The maximum atomic E-state index is 13.3. The standard InChI is InChI=1S/C22H19F2N3O4S/c1-25-21(28)16-4-2-3-14(11-16)13-26-22(29)15-5-7-17(8-6-15)27-32(30,31)18-9-10-19(23)20(24)12-18/h2-12,27H,13H2,1H3,(H,25,28)(H,26,29). The van der Waals surface area contributed by atoms with Gasteiger partial charge in [-0.15, -0.1) is 0 Å². The molecule has 3 aromatic rings. The van der Waals surface area contributed by atoms with E-state index in [0.717, 1.165) is 17.7 Å². The molecule has 10 heteroatoms. The summed E-state index contributed by atoms with van der Waals surface area (Å²) in [7, 11) is -2.61. The van der Waals surface area contributed by atoms with Crippen molar-refractivity contribution in [2.45, 2.75) is 11.4 Å². The lowest BCUT2D eigenvalue weighted by Crippen LogP contribution is -2.23. The summed E-state index contributed by atoms with van der Waals surface area (Å²) < 4.78 is 53.3. The molecule has 0 atom stereocenters. The monoisotopic (exact) mass is 459 g/mol. The van der Waals surface area contributed by atoms with Gasteiger partial charge in [0.15, 0.2) is 11.6 Å². The summed E-state index contributed by atoms with van der Waals surface area (Å²) in [5, 5.41) is 5.24. The third-order valence-corrected chi connectivity index (χ3v) is 5.85. The van der Waals surface area contributed by atoms with Crippen LogP contribution in [0.4, 0.5) is 14.5 Å². The van der Waals surface area contributed by atoms with Crippen LogP contribution >= 0.6 is 0 Å². The Bertz CT molecular complexity index is 1260. The second-order valence-electron chi connectivity index (χ2n) is 6.72. The molecule has 0 bridgehead atoms. The summed E-state index contributed by atoms with van der Waals surface area (Å²) in [5.74, 6) is -3.06. The lowest BCUT2D eigenvalue weighted by molar-refractivity contribution is 0.0948. The molecule has 0 radical (unpaired) electrons. The van der Waals surface area contributed by atoms with Crippen molar-refractivity contribution in [3.05, 3.63) is 95.1 Å². The van der Waals surface area contributed by atoms with Crippen LogP contribution in [0.15, 0.2) is 71.6 Å². The Hall–Kier alpha value is -3.79. The average molecular weight is 459 g/mol. The fourth-order valence-electron chi connectivity index (χ4n) is 2.80. The number of halogens is 2. The molecule has 32 heavy (non-hydrogen) atoms. The van der Waals surface area contributed by atoms with Gasteiger partial charge in [0, 0.05) is 30.4 Å². The summed E-state index contributed by atoms with van der Waals surface area (Å²) in [5.41, 5.74) is 1.63. The fraction of sp³-hybridized carbons (Fsp3) is 0.0909. The number of anilines is 1. The molecule has 0 fully saturated rings. The topological polar surface area (TPSA) is 104 Å². The molecule has 7 nitrogen and oxygen atoms in total. The number of carbonyl (C=O) groups excluding carboxylic acids is 2. The SMILES string of the molecule is CNC(=O)c1cccc(CNC(=O)c2ccc(NS(=O)(=O)c3ccc(F)c(F)c3)cc2)c1. The predicted octanol–water partition coefficient (Wildman–Crippen LogP) is 3.06. The van der Waals surface area contributed by atoms with Crippen molar-refractivity contribution in [3.8, 4) is 0 Å². The van der Waals surface area contributed by atoms with Crippen LogP contribution in [0, 0.1) is 11.6 Å². The molecule has 0 saturated carbocycles. The Labute approximate surface area is 183 Å². The Morgan fingerprint density at radius 1 is 0.844 bits per heavy atom. The number of benzene rings is 3. The third kappa shape index (κ3) is 5.46. The zero-order valence-corrected chi connectivity index (χ0v) is 17.7. The van der Waals surface area contributed by atoms with Gasteiger partial charge in [0.1, 0.15) is 0 Å². The molecule has 0 spiro atoms. The largest absolute Gasteiger partial charge is 0.355 e. The van der Waals surface area contributed by atoms with Crippen molar-refractivity contribution in [2.24, 2.45) is 0 Å². The smallest absolute Gasteiger partial charge is 0.261 e. The Balaban J connectivity index is 1.64. The van der Waals surface area contributed by atoms with Gasteiger partial charge in [0.2, 0.25) is 0 Å². The highest BCUT2D eigenvalue weighted by Crippen LogP contribution is 2.19. The minimum atomic E-state index is -4.14. The summed E-state index contributed by atoms with van der Waals surface area (Å²) in [6, 6.07) is 14.6. The Morgan fingerprint density at radius 2 is 1.56 bits per heavy atom. The number of hydrogen-bond donors (Lipinski definition) is 3. The number of rotatable bonds is 7. The second kappa shape index (κ2) is 9.56. The number of hydrogen-bond acceptors (Lipinski definition) is 4. The van der Waals surface area contributed by atoms with Crippen LogP contribution in [0.25, 0.3) is 0 Å². The third-order valence-electron chi connectivity index (χ3n) is 4.47. The lowest BCUT2D eigenvalue weighted by atomic mass is 10.1. The first-order chi connectivity index (χ1) is 15.2. The molecule has 0 aliphatic carbocycles. The van der Waals surface area contributed by atoms with Crippen LogP contribution in [-0.4, -0.2) is 27.3 Å². The molecule has 0 aliphatic rings. The quantitative estimate of drug-likeness (QED) is 0.505. The van der Waals surface area contributed by atoms with E-state index in [9.17, 15) is 26.8 Å². The molecule has 0 aliphatic heterocycles. The molecule has 0 aromatic heterocycles. The van der Waals surface area contributed by atoms with Crippen molar-refractivity contribution in [1.82, 2.24) is 10.6 Å². The van der Waals surface area contributed by atoms with E-state index in [2.05, 4.69) is 15.4 Å². The van der Waals surface area contributed by atoms with E-state index in [0.29, 0.717) is 11.6 Å². The minimum Gasteiger partial charge on any atom is -0.355 e. The van der Waals surface area contributed by atoms with Crippen LogP contribution in [0.1, 0.15) is 26.3 Å². The first-order valence-corrected chi connectivity index (χ1v) is 10.8. The molecule has 166 valence electrons. The van der Waals surface area contributed by atoms with E-state index in [-0.39, 0.29) is 23.7 Å². The van der Waals surface area contributed by atoms with Gasteiger partial charge in [-0.3, -0.25) is 14.3 Å². The molecule has 0 heterocycles. The lowest BCUT2D eigenvalue weighted by Gasteiger charge is -2.10. The van der Waals surface area contributed by atoms with Gasteiger partial charge in [-0.05, 0) is 60.2 Å². The highest BCUT2D eigenvalue weighted by atomic mass is 32.2. The van der Waals surface area contributed by atoms with Gasteiger partial charge in [0.25, 0.3) is 21.8 Å². The summed E-state index contributed by atoms with van der Waals surface area (Å²) >= 11 is 0. The fourth-order valence-corrected chi connectivity index (χ4v) is 3.87. The van der Waals surface area contributed by atoms with Crippen molar-refractivity contribution in [1.29, 1.82) is 0 Å². The van der Waals surface area contributed by atoms with Crippen molar-refractivity contribution < 1.29 is 26.8 Å². The molecular weight excluding hydrogens is 440 g/mol. The van der Waals surface area contributed by atoms with Gasteiger partial charge >= 0.3 is 0 Å². The first kappa shape index (κ1) is 22.9. The van der Waals surface area contributed by atoms with E-state index in [1.54, 1.807) is 24.3 Å². The number of carbonyl (C=O) groups is 2. The van der Waals surface area contributed by atoms with Crippen LogP contribution < -0.4 is 15.4 Å². The van der Waals surface area contributed by atoms with Gasteiger partial charge in [0.05, 0.1) is 4.90 Å². The summed E-state index contributed by atoms with van der Waals surface area (Å²) in [4.78, 5) is 23.6. The van der Waals surface area contributed by atoms with Crippen LogP contribution in [0.2, 0.25) is 0 Å². The first-order valence-electron chi connectivity index (χ1n) is 9.37. The van der Waals surface area contributed by atoms with Crippen LogP contribution in [0.5, 0.6) is 0 Å². The molecule has 0 saturated heterocycles. The highest BCUT2D eigenvalue weighted by molar-refractivity contribution is 7.92. The maximum absolute atomic E-state index is 13.3. The minimum absolute atomic E-state index is 0.143. The van der Waals surface area contributed by atoms with Crippen LogP contribution in [-0.2, 0) is 16.6 Å². The highest BCUT2D eigenvalue weighted by Gasteiger charge is 2.17. The summed E-state index contributed by atoms with van der Waals surface area (Å²) in [6.45, 7) is 0.189. The van der Waals surface area contributed by atoms with Gasteiger partial charge in [-0.1, -0.05) is 12.1 Å².